The molecule has 2 aromatic heterocycles. The van der Waals surface area contributed by atoms with Crippen LogP contribution in [0.1, 0.15) is 12.0 Å². The molecule has 218 valence electrons. The normalized spacial score (nSPS) is 16.8. The molecule has 41 heavy (non-hydrogen) atoms. The van der Waals surface area contributed by atoms with Crippen molar-refractivity contribution in [3.05, 3.63) is 53.4 Å². The van der Waals surface area contributed by atoms with E-state index in [1.54, 1.807) is 0 Å². The number of imidazole rings is 1. The fourth-order valence-corrected chi connectivity index (χ4v) is 5.67. The number of aryl methyl sites for hydroxylation is 1. The molecule has 2 saturated heterocycles. The number of halogens is 1. The van der Waals surface area contributed by atoms with E-state index >= 15 is 0 Å². The average molecular weight is 580 g/mol. The van der Waals surface area contributed by atoms with Crippen LogP contribution in [0.15, 0.2) is 42.9 Å². The molecule has 11 heteroatoms. The maximum Gasteiger partial charge on any atom is 0.157 e. The van der Waals surface area contributed by atoms with Gasteiger partial charge in [-0.2, -0.15) is 0 Å². The lowest BCUT2D eigenvalue weighted by molar-refractivity contribution is 0.0323. The van der Waals surface area contributed by atoms with Crippen molar-refractivity contribution in [3.63, 3.8) is 0 Å². The summed E-state index contributed by atoms with van der Waals surface area (Å²) in [5.74, 6) is 1.49. The molecule has 2 N–H and O–H groups in total. The van der Waals surface area contributed by atoms with Gasteiger partial charge in [-0.15, -0.1) is 0 Å². The van der Waals surface area contributed by atoms with Gasteiger partial charge in [0.2, 0.25) is 0 Å². The number of ether oxygens (including phenoxy) is 3. The molecule has 2 aromatic carbocycles. The van der Waals surface area contributed by atoms with Crippen LogP contribution in [0.4, 0.5) is 17.2 Å². The summed E-state index contributed by atoms with van der Waals surface area (Å²) in [6.45, 7) is 12.4. The number of nitrogens with zero attached hydrogens (tertiary/aromatic N) is 5. The van der Waals surface area contributed by atoms with E-state index in [2.05, 4.69) is 35.9 Å². The summed E-state index contributed by atoms with van der Waals surface area (Å²) in [5, 5.41) is 7.76. The van der Waals surface area contributed by atoms with Crippen molar-refractivity contribution in [1.29, 1.82) is 0 Å². The van der Waals surface area contributed by atoms with Crippen LogP contribution in [-0.2, 0) is 9.47 Å². The van der Waals surface area contributed by atoms with Crippen LogP contribution in [0, 0.1) is 6.92 Å². The van der Waals surface area contributed by atoms with Crippen LogP contribution in [0.2, 0.25) is 5.02 Å². The molecule has 0 unspecified atom stereocenters. The van der Waals surface area contributed by atoms with Gasteiger partial charge < -0.3 is 24.8 Å². The first-order valence-corrected chi connectivity index (χ1v) is 14.8. The summed E-state index contributed by atoms with van der Waals surface area (Å²) in [7, 11) is 0. The highest BCUT2D eigenvalue weighted by Crippen LogP contribution is 2.34. The molecule has 10 nitrogen and oxygen atoms in total. The number of anilines is 3. The minimum atomic E-state index is 0.589. The van der Waals surface area contributed by atoms with Crippen molar-refractivity contribution in [2.45, 2.75) is 13.3 Å². The Bertz CT molecular complexity index is 1450. The highest BCUT2D eigenvalue weighted by Gasteiger charge is 2.17. The van der Waals surface area contributed by atoms with Gasteiger partial charge in [0, 0.05) is 45.3 Å². The van der Waals surface area contributed by atoms with Crippen molar-refractivity contribution in [1.82, 2.24) is 24.2 Å². The van der Waals surface area contributed by atoms with Crippen molar-refractivity contribution in [3.8, 4) is 5.75 Å². The van der Waals surface area contributed by atoms with E-state index in [1.165, 1.54) is 0 Å². The van der Waals surface area contributed by atoms with E-state index < -0.39 is 0 Å². The fourth-order valence-electron chi connectivity index (χ4n) is 5.40. The van der Waals surface area contributed by atoms with E-state index in [4.69, 9.17) is 30.8 Å². The quantitative estimate of drug-likeness (QED) is 0.250. The van der Waals surface area contributed by atoms with Crippen LogP contribution in [0.25, 0.3) is 16.6 Å². The summed E-state index contributed by atoms with van der Waals surface area (Å²) >= 11 is 6.54. The van der Waals surface area contributed by atoms with Gasteiger partial charge in [0.25, 0.3) is 0 Å². The van der Waals surface area contributed by atoms with Crippen LogP contribution in [0.3, 0.4) is 0 Å². The van der Waals surface area contributed by atoms with E-state index in [1.807, 2.05) is 43.7 Å². The minimum Gasteiger partial charge on any atom is -0.490 e. The number of rotatable bonds is 11. The Labute approximate surface area is 245 Å². The molecule has 0 bridgehead atoms. The molecule has 0 radical (unpaired) electrons. The molecule has 0 saturated carbocycles. The second-order valence-electron chi connectivity index (χ2n) is 10.5. The summed E-state index contributed by atoms with van der Waals surface area (Å²) in [6, 6.07) is 10.0. The average Bonchev–Trinajstić information content (AvgIpc) is 3.49. The first kappa shape index (κ1) is 28.0. The minimum absolute atomic E-state index is 0.589. The molecular weight excluding hydrogens is 542 g/mol. The van der Waals surface area contributed by atoms with Crippen molar-refractivity contribution >= 4 is 45.3 Å². The summed E-state index contributed by atoms with van der Waals surface area (Å²) < 4.78 is 19.5. The van der Waals surface area contributed by atoms with Crippen LogP contribution >= 0.6 is 11.6 Å². The van der Waals surface area contributed by atoms with Gasteiger partial charge in [0.15, 0.2) is 5.82 Å². The molecule has 6 rings (SSSR count). The van der Waals surface area contributed by atoms with Crippen LogP contribution in [-0.4, -0.2) is 103 Å². The van der Waals surface area contributed by atoms with Gasteiger partial charge >= 0.3 is 0 Å². The van der Waals surface area contributed by atoms with E-state index in [9.17, 15) is 0 Å². The van der Waals surface area contributed by atoms with Crippen molar-refractivity contribution < 1.29 is 14.2 Å². The molecular formula is C30H38ClN7O3. The zero-order chi connectivity index (χ0) is 28.0. The first-order chi connectivity index (χ1) is 20.2. The molecule has 2 fully saturated rings. The van der Waals surface area contributed by atoms with Crippen LogP contribution in [0.5, 0.6) is 5.75 Å². The SMILES string of the molecule is Cc1cccc(Cl)c1Nc1nc2cc(OCCN3CCOCC3)c(NCCCN3CCOCC3)cc2n2cncc12. The Morgan fingerprint density at radius 3 is 2.49 bits per heavy atom. The number of fused-ring (bicyclic) bond motifs is 3. The maximum atomic E-state index is 6.54. The largest absolute Gasteiger partial charge is 0.490 e. The van der Waals surface area contributed by atoms with Gasteiger partial charge in [-0.1, -0.05) is 23.7 Å². The smallest absolute Gasteiger partial charge is 0.157 e. The molecule has 2 aliphatic rings. The zero-order valence-corrected chi connectivity index (χ0v) is 24.3. The number of morpholine rings is 2. The molecule has 2 aliphatic heterocycles. The highest BCUT2D eigenvalue weighted by molar-refractivity contribution is 6.33. The standard InChI is InChI=1S/C30H38ClN7O3/c1-22-4-2-5-23(31)29(22)35-30-27-20-32-21-38(27)26-18-25(33-6-3-7-36-8-13-39-14-9-36)28(19-24(26)34-30)41-17-12-37-10-15-40-16-11-37/h2,4-5,18-21,33H,3,6-17H2,1H3,(H,34,35). The number of para-hydroxylation sites is 1. The summed E-state index contributed by atoms with van der Waals surface area (Å²) in [5.41, 5.74) is 5.47. The van der Waals surface area contributed by atoms with Gasteiger partial charge in [-0.25, -0.2) is 9.97 Å². The predicted molar refractivity (Wildman–Crippen MR) is 163 cm³/mol. The first-order valence-electron chi connectivity index (χ1n) is 14.4. The Balaban J connectivity index is 1.27. The maximum absolute atomic E-state index is 6.54. The van der Waals surface area contributed by atoms with Gasteiger partial charge in [-0.05, 0) is 37.6 Å². The van der Waals surface area contributed by atoms with Gasteiger partial charge in [-0.3, -0.25) is 14.2 Å². The van der Waals surface area contributed by atoms with Gasteiger partial charge in [0.1, 0.15) is 17.9 Å². The molecule has 4 aromatic rings. The molecule has 0 amide bonds. The third-order valence-electron chi connectivity index (χ3n) is 7.75. The lowest BCUT2D eigenvalue weighted by Gasteiger charge is -2.27. The monoisotopic (exact) mass is 579 g/mol. The zero-order valence-electron chi connectivity index (χ0n) is 23.6. The van der Waals surface area contributed by atoms with E-state index in [0.717, 1.165) is 118 Å². The number of aromatic nitrogens is 3. The molecule has 0 aliphatic carbocycles. The Kier molecular flexibility index (Phi) is 9.03. The number of benzene rings is 2. The van der Waals surface area contributed by atoms with Gasteiger partial charge in [0.05, 0.1) is 66.4 Å². The third kappa shape index (κ3) is 6.68. The Morgan fingerprint density at radius 1 is 0.976 bits per heavy atom. The number of hydrogen-bond acceptors (Lipinski definition) is 9. The molecule has 4 heterocycles. The number of nitrogens with one attached hydrogen (secondary N) is 2. The second kappa shape index (κ2) is 13.2. The summed E-state index contributed by atoms with van der Waals surface area (Å²) in [6.07, 6.45) is 4.68. The van der Waals surface area contributed by atoms with Crippen molar-refractivity contribution in [2.24, 2.45) is 0 Å². The second-order valence-corrected chi connectivity index (χ2v) is 10.9. The number of hydrogen-bond donors (Lipinski definition) is 2. The highest BCUT2D eigenvalue weighted by atomic mass is 35.5. The topological polar surface area (TPSA) is 88.4 Å². The lowest BCUT2D eigenvalue weighted by atomic mass is 10.2. The van der Waals surface area contributed by atoms with E-state index in [0.29, 0.717) is 17.4 Å². The van der Waals surface area contributed by atoms with Crippen molar-refractivity contribution in [2.75, 3.05) is 89.5 Å². The Morgan fingerprint density at radius 2 is 1.73 bits per heavy atom. The predicted octanol–water partition coefficient (Wildman–Crippen LogP) is 4.43. The lowest BCUT2D eigenvalue weighted by Crippen LogP contribution is -2.38. The summed E-state index contributed by atoms with van der Waals surface area (Å²) in [4.78, 5) is 14.3. The Hall–Kier alpha value is -3.15. The third-order valence-corrected chi connectivity index (χ3v) is 8.07. The van der Waals surface area contributed by atoms with E-state index in [-0.39, 0.29) is 0 Å². The van der Waals surface area contributed by atoms with Crippen LogP contribution < -0.4 is 15.4 Å². The fraction of sp³-hybridized carbons (Fsp3) is 0.467. The molecule has 0 spiro atoms. The molecule has 0 atom stereocenters.